The van der Waals surface area contributed by atoms with Crippen LogP contribution >= 0.6 is 0 Å². The fraction of sp³-hybridized carbons (Fsp3) is 0.222. The highest BCUT2D eigenvalue weighted by molar-refractivity contribution is 5.83. The van der Waals surface area contributed by atoms with E-state index in [0.717, 1.165) is 28.7 Å². The van der Waals surface area contributed by atoms with Crippen molar-refractivity contribution >= 4 is 16.8 Å². The van der Waals surface area contributed by atoms with Crippen LogP contribution in [-0.4, -0.2) is 15.7 Å². The number of nitrogens with one attached hydrogen (secondary N) is 1. The summed E-state index contributed by atoms with van der Waals surface area (Å²) in [6.07, 6.45) is 0.229. The number of carbonyl (C=O) groups excluding carboxylic acids is 1. The van der Waals surface area contributed by atoms with Crippen LogP contribution in [0.1, 0.15) is 18.2 Å². The second-order valence-corrected chi connectivity index (χ2v) is 5.36. The van der Waals surface area contributed by atoms with E-state index in [2.05, 4.69) is 10.4 Å². The van der Waals surface area contributed by atoms with Gasteiger partial charge in [-0.05, 0) is 30.7 Å². The number of nitrogens with zero attached hydrogens (tertiary/aromatic N) is 2. The van der Waals surface area contributed by atoms with Crippen LogP contribution in [0, 0.1) is 5.82 Å². The van der Waals surface area contributed by atoms with Crippen LogP contribution in [0.2, 0.25) is 0 Å². The number of rotatable bonds is 5. The highest BCUT2D eigenvalue weighted by Crippen LogP contribution is 2.18. The SMILES string of the molecule is CCn1nc(CNC(=O)Cc2ccc(F)cc2)c2ccccc21. The summed E-state index contributed by atoms with van der Waals surface area (Å²) in [7, 11) is 0. The zero-order valence-electron chi connectivity index (χ0n) is 12.9. The lowest BCUT2D eigenvalue weighted by Gasteiger charge is -2.04. The van der Waals surface area contributed by atoms with Crippen LogP contribution in [0.3, 0.4) is 0 Å². The molecule has 3 aromatic rings. The van der Waals surface area contributed by atoms with E-state index in [-0.39, 0.29) is 18.1 Å². The summed E-state index contributed by atoms with van der Waals surface area (Å²) in [6, 6.07) is 13.9. The average Bonchev–Trinajstić information content (AvgIpc) is 2.93. The minimum absolute atomic E-state index is 0.105. The van der Waals surface area contributed by atoms with Gasteiger partial charge in [-0.1, -0.05) is 30.3 Å². The van der Waals surface area contributed by atoms with Crippen molar-refractivity contribution in [1.82, 2.24) is 15.1 Å². The zero-order valence-corrected chi connectivity index (χ0v) is 12.9. The number of aryl methyl sites for hydroxylation is 1. The van der Waals surface area contributed by atoms with E-state index in [1.54, 1.807) is 12.1 Å². The molecule has 0 radical (unpaired) electrons. The first-order valence-electron chi connectivity index (χ1n) is 7.63. The second-order valence-electron chi connectivity index (χ2n) is 5.36. The fourth-order valence-electron chi connectivity index (χ4n) is 2.60. The third kappa shape index (κ3) is 3.39. The fourth-order valence-corrected chi connectivity index (χ4v) is 2.60. The van der Waals surface area contributed by atoms with E-state index in [0.29, 0.717) is 6.54 Å². The largest absolute Gasteiger partial charge is 0.350 e. The predicted molar refractivity (Wildman–Crippen MR) is 87.4 cm³/mol. The lowest BCUT2D eigenvalue weighted by molar-refractivity contribution is -0.120. The van der Waals surface area contributed by atoms with Crippen molar-refractivity contribution in [2.24, 2.45) is 0 Å². The molecule has 2 aromatic carbocycles. The minimum atomic E-state index is -0.300. The topological polar surface area (TPSA) is 46.9 Å². The molecule has 5 heteroatoms. The molecule has 1 aromatic heterocycles. The van der Waals surface area contributed by atoms with Crippen molar-refractivity contribution in [2.75, 3.05) is 0 Å². The Balaban J connectivity index is 1.68. The van der Waals surface area contributed by atoms with Crippen LogP contribution in [0.25, 0.3) is 10.9 Å². The van der Waals surface area contributed by atoms with E-state index < -0.39 is 0 Å². The molecule has 0 aliphatic carbocycles. The molecule has 0 bridgehead atoms. The number of para-hydroxylation sites is 1. The molecule has 0 spiro atoms. The summed E-state index contributed by atoms with van der Waals surface area (Å²) in [5.74, 6) is -0.405. The van der Waals surface area contributed by atoms with Crippen LogP contribution in [0.4, 0.5) is 4.39 Å². The quantitative estimate of drug-likeness (QED) is 0.787. The molecule has 23 heavy (non-hydrogen) atoms. The van der Waals surface area contributed by atoms with Gasteiger partial charge in [-0.2, -0.15) is 5.10 Å². The van der Waals surface area contributed by atoms with Crippen molar-refractivity contribution in [3.63, 3.8) is 0 Å². The average molecular weight is 311 g/mol. The van der Waals surface area contributed by atoms with Gasteiger partial charge in [0, 0.05) is 11.9 Å². The van der Waals surface area contributed by atoms with Gasteiger partial charge in [0.25, 0.3) is 0 Å². The standard InChI is InChI=1S/C18H18FN3O/c1-2-22-17-6-4-3-5-15(17)16(21-22)12-20-18(23)11-13-7-9-14(19)10-8-13/h3-10H,2,11-12H2,1H3,(H,20,23). The lowest BCUT2D eigenvalue weighted by Crippen LogP contribution is -2.25. The molecule has 1 heterocycles. The number of carbonyl (C=O) groups is 1. The molecule has 1 amide bonds. The Labute approximate surface area is 133 Å². The monoisotopic (exact) mass is 311 g/mol. The van der Waals surface area contributed by atoms with Crippen LogP contribution < -0.4 is 5.32 Å². The van der Waals surface area contributed by atoms with E-state index in [1.807, 2.05) is 35.9 Å². The molecule has 0 aliphatic heterocycles. The van der Waals surface area contributed by atoms with Gasteiger partial charge in [0.2, 0.25) is 5.91 Å². The predicted octanol–water partition coefficient (Wildman–Crippen LogP) is 3.05. The first kappa shape index (κ1) is 15.2. The molecule has 1 N–H and O–H groups in total. The molecule has 0 atom stereocenters. The Bertz CT molecular complexity index is 824. The van der Waals surface area contributed by atoms with Gasteiger partial charge in [0.05, 0.1) is 24.2 Å². The Hall–Kier alpha value is -2.69. The summed E-state index contributed by atoms with van der Waals surface area (Å²) in [6.45, 7) is 3.20. The number of halogens is 1. The first-order valence-corrected chi connectivity index (χ1v) is 7.63. The van der Waals surface area contributed by atoms with Crippen LogP contribution in [-0.2, 0) is 24.3 Å². The maximum Gasteiger partial charge on any atom is 0.224 e. The Kier molecular flexibility index (Phi) is 4.37. The minimum Gasteiger partial charge on any atom is -0.350 e. The number of fused-ring (bicyclic) bond motifs is 1. The van der Waals surface area contributed by atoms with Gasteiger partial charge >= 0.3 is 0 Å². The summed E-state index contributed by atoms with van der Waals surface area (Å²) in [5.41, 5.74) is 2.71. The van der Waals surface area contributed by atoms with Crippen molar-refractivity contribution in [1.29, 1.82) is 0 Å². The summed E-state index contributed by atoms with van der Waals surface area (Å²) < 4.78 is 14.8. The van der Waals surface area contributed by atoms with Gasteiger partial charge in [0.1, 0.15) is 5.82 Å². The van der Waals surface area contributed by atoms with Crippen LogP contribution in [0.15, 0.2) is 48.5 Å². The number of hydrogen-bond acceptors (Lipinski definition) is 2. The molecule has 4 nitrogen and oxygen atoms in total. The Morgan fingerprint density at radius 2 is 1.91 bits per heavy atom. The van der Waals surface area contributed by atoms with Crippen molar-refractivity contribution in [3.8, 4) is 0 Å². The van der Waals surface area contributed by atoms with E-state index in [4.69, 9.17) is 0 Å². The van der Waals surface area contributed by atoms with E-state index in [9.17, 15) is 9.18 Å². The van der Waals surface area contributed by atoms with Crippen LogP contribution in [0.5, 0.6) is 0 Å². The highest BCUT2D eigenvalue weighted by atomic mass is 19.1. The number of hydrogen-bond donors (Lipinski definition) is 1. The summed E-state index contributed by atoms with van der Waals surface area (Å²) in [5, 5.41) is 8.49. The van der Waals surface area contributed by atoms with Gasteiger partial charge in [-0.3, -0.25) is 9.48 Å². The molecule has 0 unspecified atom stereocenters. The molecule has 0 saturated heterocycles. The van der Waals surface area contributed by atoms with E-state index >= 15 is 0 Å². The molecule has 118 valence electrons. The first-order chi connectivity index (χ1) is 11.2. The van der Waals surface area contributed by atoms with Crippen molar-refractivity contribution in [3.05, 3.63) is 65.6 Å². The van der Waals surface area contributed by atoms with Gasteiger partial charge < -0.3 is 5.32 Å². The molecular weight excluding hydrogens is 293 g/mol. The molecule has 0 saturated carbocycles. The maximum absolute atomic E-state index is 12.9. The van der Waals surface area contributed by atoms with Crippen molar-refractivity contribution < 1.29 is 9.18 Å². The number of benzene rings is 2. The van der Waals surface area contributed by atoms with E-state index in [1.165, 1.54) is 12.1 Å². The molecule has 0 aliphatic rings. The molecular formula is C18H18FN3O. The second kappa shape index (κ2) is 6.60. The number of amides is 1. The number of aromatic nitrogens is 2. The smallest absolute Gasteiger partial charge is 0.224 e. The summed E-state index contributed by atoms with van der Waals surface area (Å²) >= 11 is 0. The third-order valence-electron chi connectivity index (χ3n) is 3.76. The highest BCUT2D eigenvalue weighted by Gasteiger charge is 2.10. The lowest BCUT2D eigenvalue weighted by atomic mass is 10.1. The Morgan fingerprint density at radius 3 is 2.65 bits per heavy atom. The Morgan fingerprint density at radius 1 is 1.17 bits per heavy atom. The zero-order chi connectivity index (χ0) is 16.2. The van der Waals surface area contributed by atoms with Gasteiger partial charge in [0.15, 0.2) is 0 Å². The maximum atomic E-state index is 12.9. The van der Waals surface area contributed by atoms with Gasteiger partial charge in [-0.25, -0.2) is 4.39 Å². The van der Waals surface area contributed by atoms with Gasteiger partial charge in [-0.15, -0.1) is 0 Å². The molecule has 3 rings (SSSR count). The third-order valence-corrected chi connectivity index (χ3v) is 3.76. The normalized spacial score (nSPS) is 10.9. The summed E-state index contributed by atoms with van der Waals surface area (Å²) in [4.78, 5) is 12.0. The van der Waals surface area contributed by atoms with Crippen molar-refractivity contribution in [2.45, 2.75) is 26.4 Å². The molecule has 0 fully saturated rings.